The predicted molar refractivity (Wildman–Crippen MR) is 160 cm³/mol. The third-order valence-electron chi connectivity index (χ3n) is 8.00. The summed E-state index contributed by atoms with van der Waals surface area (Å²) in [5.74, 6) is -1.50. The number of anilines is 1. The number of aliphatic carboxylic acids is 1. The zero-order chi connectivity index (χ0) is 29.1. The number of aryl methyl sites for hydroxylation is 1. The van der Waals surface area contributed by atoms with Crippen molar-refractivity contribution in [2.75, 3.05) is 24.5 Å². The van der Waals surface area contributed by atoms with E-state index in [0.29, 0.717) is 11.6 Å². The molecule has 4 N–H and O–H groups in total. The van der Waals surface area contributed by atoms with Gasteiger partial charge in [0.25, 0.3) is 5.91 Å². The Morgan fingerprint density at radius 2 is 1.68 bits per heavy atom. The van der Waals surface area contributed by atoms with Gasteiger partial charge >= 0.3 is 12.0 Å². The van der Waals surface area contributed by atoms with Gasteiger partial charge < -0.3 is 26.0 Å². The topological polar surface area (TPSA) is 111 Å². The van der Waals surface area contributed by atoms with Gasteiger partial charge in [0.2, 0.25) is 0 Å². The number of nitrogens with zero attached hydrogens (tertiary/aromatic N) is 1. The summed E-state index contributed by atoms with van der Waals surface area (Å²) < 4.78 is 0. The number of rotatable bonds is 9. The van der Waals surface area contributed by atoms with Crippen molar-refractivity contribution in [3.8, 4) is 0 Å². The Balaban J connectivity index is 1.18. The van der Waals surface area contributed by atoms with Crippen LogP contribution in [0.15, 0.2) is 66.7 Å². The Morgan fingerprint density at radius 1 is 0.976 bits per heavy atom. The molecule has 2 aliphatic rings. The van der Waals surface area contributed by atoms with Gasteiger partial charge in [-0.2, -0.15) is 0 Å². The molecule has 1 aliphatic heterocycles. The number of urea groups is 1. The van der Waals surface area contributed by atoms with Crippen LogP contribution < -0.4 is 20.9 Å². The summed E-state index contributed by atoms with van der Waals surface area (Å²) in [5, 5.41) is 18.0. The molecule has 0 aromatic heterocycles. The monoisotopic (exact) mass is 594 g/mol. The van der Waals surface area contributed by atoms with Gasteiger partial charge in [0, 0.05) is 31.0 Å². The van der Waals surface area contributed by atoms with Crippen molar-refractivity contribution in [1.29, 1.82) is 0 Å². The van der Waals surface area contributed by atoms with E-state index in [2.05, 4.69) is 45.1 Å². The molecule has 0 bridgehead atoms. The molecule has 0 saturated carbocycles. The molecule has 1 heterocycles. The highest BCUT2D eigenvalue weighted by Crippen LogP contribution is 2.39. The van der Waals surface area contributed by atoms with Gasteiger partial charge in [-0.15, -0.1) is 0 Å². The molecule has 10 heteroatoms. The normalized spacial score (nSPS) is 17.6. The second kappa shape index (κ2) is 12.4. The van der Waals surface area contributed by atoms with Gasteiger partial charge in [-0.25, -0.2) is 9.59 Å². The number of fused-ring (bicyclic) bond motifs is 1. The number of benzene rings is 3. The minimum absolute atomic E-state index is 0.00165. The molecule has 3 atom stereocenters. The molecular formula is C31H32Cl2N4O4. The lowest BCUT2D eigenvalue weighted by Gasteiger charge is -2.42. The van der Waals surface area contributed by atoms with Crippen molar-refractivity contribution in [2.45, 2.75) is 43.7 Å². The average Bonchev–Trinajstić information content (AvgIpc) is 3.36. The Hall–Kier alpha value is -3.75. The summed E-state index contributed by atoms with van der Waals surface area (Å²) >= 11 is 13.0. The van der Waals surface area contributed by atoms with Crippen molar-refractivity contribution in [2.24, 2.45) is 0 Å². The van der Waals surface area contributed by atoms with E-state index in [1.807, 2.05) is 37.3 Å². The van der Waals surface area contributed by atoms with Gasteiger partial charge in [0.15, 0.2) is 0 Å². The predicted octanol–water partition coefficient (Wildman–Crippen LogP) is 5.20. The highest BCUT2D eigenvalue weighted by atomic mass is 35.5. The van der Waals surface area contributed by atoms with Crippen LogP contribution in [-0.4, -0.2) is 54.7 Å². The summed E-state index contributed by atoms with van der Waals surface area (Å²) in [4.78, 5) is 39.8. The first-order valence-corrected chi connectivity index (χ1v) is 14.4. The molecule has 41 heavy (non-hydrogen) atoms. The number of halogens is 2. The standard InChI is InChI=1S/C31H32Cl2N4O4/c1-18(22-12-11-20-9-5-6-10-23(20)22)35-31(41)34-15-25(30(39)40)36-29(38)27-24(32)13-14-26(28(27)33)37-16-21(17-37)19-7-3-2-4-8-19/h2-10,13-14,18,21-22,25H,11-12,15-17H2,1H3,(H,36,38)(H,39,40)(H2,34,35,41)/t18?,22-,25-/m0/s1. The number of carboxylic acid groups (broad SMARTS) is 1. The molecule has 1 unspecified atom stereocenters. The summed E-state index contributed by atoms with van der Waals surface area (Å²) in [5.41, 5.74) is 4.39. The van der Waals surface area contributed by atoms with E-state index in [1.165, 1.54) is 16.7 Å². The van der Waals surface area contributed by atoms with Crippen LogP contribution in [0.2, 0.25) is 10.0 Å². The van der Waals surface area contributed by atoms with Gasteiger partial charge in [0.1, 0.15) is 6.04 Å². The van der Waals surface area contributed by atoms with Gasteiger partial charge in [-0.3, -0.25) is 4.79 Å². The van der Waals surface area contributed by atoms with Crippen LogP contribution in [0.1, 0.15) is 52.2 Å². The summed E-state index contributed by atoms with van der Waals surface area (Å²) in [6, 6.07) is 19.6. The fraction of sp³-hybridized carbons (Fsp3) is 0.323. The van der Waals surface area contributed by atoms with E-state index in [-0.39, 0.29) is 34.1 Å². The van der Waals surface area contributed by atoms with E-state index in [0.717, 1.165) is 25.9 Å². The average molecular weight is 596 g/mol. The summed E-state index contributed by atoms with van der Waals surface area (Å²) in [7, 11) is 0. The number of carbonyl (C=O) groups excluding carboxylic acids is 2. The molecule has 5 rings (SSSR count). The molecule has 0 spiro atoms. The number of hydrogen-bond donors (Lipinski definition) is 4. The molecule has 1 saturated heterocycles. The number of carboxylic acids is 1. The maximum atomic E-state index is 13.2. The van der Waals surface area contributed by atoms with E-state index in [1.54, 1.807) is 12.1 Å². The Kier molecular flexibility index (Phi) is 8.71. The second-order valence-corrected chi connectivity index (χ2v) is 11.4. The van der Waals surface area contributed by atoms with E-state index in [9.17, 15) is 19.5 Å². The van der Waals surface area contributed by atoms with E-state index >= 15 is 0 Å². The summed E-state index contributed by atoms with van der Waals surface area (Å²) in [6.45, 7) is 3.07. The quantitative estimate of drug-likeness (QED) is 0.272. The number of nitrogens with one attached hydrogen (secondary N) is 3. The molecule has 3 aromatic carbocycles. The van der Waals surface area contributed by atoms with E-state index < -0.39 is 23.9 Å². The highest BCUT2D eigenvalue weighted by Gasteiger charge is 2.32. The number of amides is 3. The van der Waals surface area contributed by atoms with Crippen LogP contribution in [0.4, 0.5) is 10.5 Å². The number of hydrogen-bond acceptors (Lipinski definition) is 4. The maximum absolute atomic E-state index is 13.2. The maximum Gasteiger partial charge on any atom is 0.328 e. The van der Waals surface area contributed by atoms with Crippen molar-refractivity contribution in [3.05, 3.63) is 99.0 Å². The van der Waals surface area contributed by atoms with Crippen LogP contribution >= 0.6 is 23.2 Å². The molecule has 1 aliphatic carbocycles. The Morgan fingerprint density at radius 3 is 2.41 bits per heavy atom. The Bertz CT molecular complexity index is 1450. The minimum atomic E-state index is -1.39. The second-order valence-electron chi connectivity index (χ2n) is 10.6. The summed E-state index contributed by atoms with van der Waals surface area (Å²) in [6.07, 6.45) is 1.89. The first-order chi connectivity index (χ1) is 19.7. The molecule has 3 aromatic rings. The van der Waals surface area contributed by atoms with Gasteiger partial charge in [-0.05, 0) is 48.6 Å². The first kappa shape index (κ1) is 28.8. The fourth-order valence-electron chi connectivity index (χ4n) is 5.70. The first-order valence-electron chi connectivity index (χ1n) is 13.7. The van der Waals surface area contributed by atoms with Crippen molar-refractivity contribution >= 4 is 46.8 Å². The number of carbonyl (C=O) groups is 3. The smallest absolute Gasteiger partial charge is 0.328 e. The van der Waals surface area contributed by atoms with Crippen molar-refractivity contribution in [1.82, 2.24) is 16.0 Å². The van der Waals surface area contributed by atoms with Crippen molar-refractivity contribution < 1.29 is 19.5 Å². The molecular weight excluding hydrogens is 563 g/mol. The SMILES string of the molecule is CC(NC(=O)NC[C@H](NC(=O)c1c(Cl)ccc(N2CC(c3ccccc3)C2)c1Cl)C(=O)O)[C@@H]1CCc2ccccc21. The van der Waals surface area contributed by atoms with Crippen LogP contribution in [0.5, 0.6) is 0 Å². The van der Waals surface area contributed by atoms with Crippen LogP contribution in [0.25, 0.3) is 0 Å². The van der Waals surface area contributed by atoms with E-state index in [4.69, 9.17) is 23.2 Å². The molecule has 0 radical (unpaired) electrons. The highest BCUT2D eigenvalue weighted by molar-refractivity contribution is 6.41. The fourth-order valence-corrected chi connectivity index (χ4v) is 6.36. The van der Waals surface area contributed by atoms with Crippen molar-refractivity contribution in [3.63, 3.8) is 0 Å². The lowest BCUT2D eigenvalue weighted by Crippen LogP contribution is -2.51. The van der Waals surface area contributed by atoms with Gasteiger partial charge in [0.05, 0.1) is 27.8 Å². The zero-order valence-corrected chi connectivity index (χ0v) is 24.1. The van der Waals surface area contributed by atoms with Gasteiger partial charge in [-0.1, -0.05) is 77.8 Å². The Labute approximate surface area is 249 Å². The molecule has 3 amide bonds. The minimum Gasteiger partial charge on any atom is -0.480 e. The largest absolute Gasteiger partial charge is 0.480 e. The third kappa shape index (κ3) is 6.29. The zero-order valence-electron chi connectivity index (χ0n) is 22.6. The van der Waals surface area contributed by atoms with Crippen LogP contribution in [-0.2, 0) is 11.2 Å². The molecule has 214 valence electrons. The molecule has 8 nitrogen and oxygen atoms in total. The third-order valence-corrected chi connectivity index (χ3v) is 8.70. The lowest BCUT2D eigenvalue weighted by atomic mass is 9.91. The van der Waals surface area contributed by atoms with Crippen LogP contribution in [0, 0.1) is 0 Å². The molecule has 1 fully saturated rings. The lowest BCUT2D eigenvalue weighted by molar-refractivity contribution is -0.139. The van der Waals surface area contributed by atoms with Crippen LogP contribution in [0.3, 0.4) is 0 Å².